The second-order valence-corrected chi connectivity index (χ2v) is 4.70. The Bertz CT molecular complexity index is 641. The zero-order valence-corrected chi connectivity index (χ0v) is 10.0. The molecule has 0 aliphatic heterocycles. The van der Waals surface area contributed by atoms with Gasteiger partial charge in [0.05, 0.1) is 0 Å². The summed E-state index contributed by atoms with van der Waals surface area (Å²) in [5.41, 5.74) is 2.12. The van der Waals surface area contributed by atoms with Crippen molar-refractivity contribution in [1.29, 1.82) is 0 Å². The maximum Gasteiger partial charge on any atom is 0.365 e. The zero-order valence-electron chi connectivity index (χ0n) is 9.01. The number of benzene rings is 2. The van der Waals surface area contributed by atoms with Crippen molar-refractivity contribution in [2.45, 2.75) is 6.42 Å². The standard InChI is InChI=1S/C13H11O3P/c14-17(15)16-12-8-7-10-4-1-3-9-5-2-6-11(12)13(9)10/h1-6,8,17H,7H2,(H,14,15). The first-order chi connectivity index (χ1) is 8.25. The summed E-state index contributed by atoms with van der Waals surface area (Å²) in [6.45, 7) is 0. The minimum Gasteiger partial charge on any atom is -0.426 e. The Morgan fingerprint density at radius 2 is 1.94 bits per heavy atom. The summed E-state index contributed by atoms with van der Waals surface area (Å²) in [6.07, 6.45) is 2.59. The van der Waals surface area contributed by atoms with E-state index < -0.39 is 8.25 Å². The van der Waals surface area contributed by atoms with Crippen LogP contribution < -0.4 is 0 Å². The molecule has 2 aromatic rings. The molecule has 0 bridgehead atoms. The van der Waals surface area contributed by atoms with Gasteiger partial charge in [-0.05, 0) is 28.8 Å². The van der Waals surface area contributed by atoms with Gasteiger partial charge < -0.3 is 9.42 Å². The van der Waals surface area contributed by atoms with E-state index in [1.165, 1.54) is 5.56 Å². The van der Waals surface area contributed by atoms with E-state index in [1.807, 2.05) is 36.4 Å². The Hall–Kier alpha value is -1.57. The molecular weight excluding hydrogens is 235 g/mol. The van der Waals surface area contributed by atoms with Crippen LogP contribution in [0.5, 0.6) is 0 Å². The average molecular weight is 246 g/mol. The molecule has 1 unspecified atom stereocenters. The lowest BCUT2D eigenvalue weighted by Gasteiger charge is -2.17. The van der Waals surface area contributed by atoms with Gasteiger partial charge in [-0.25, -0.2) is 4.57 Å². The third-order valence-corrected chi connectivity index (χ3v) is 3.36. The monoisotopic (exact) mass is 246 g/mol. The molecule has 1 N–H and O–H groups in total. The Morgan fingerprint density at radius 1 is 1.18 bits per heavy atom. The van der Waals surface area contributed by atoms with Crippen molar-refractivity contribution in [2.75, 3.05) is 0 Å². The Labute approximate surface area is 99.3 Å². The van der Waals surface area contributed by atoms with E-state index in [4.69, 9.17) is 9.42 Å². The van der Waals surface area contributed by atoms with E-state index in [9.17, 15) is 4.57 Å². The number of hydrogen-bond acceptors (Lipinski definition) is 2. The fourth-order valence-corrected chi connectivity index (χ4v) is 2.68. The van der Waals surface area contributed by atoms with Gasteiger partial charge in [0.2, 0.25) is 0 Å². The first kappa shape index (κ1) is 10.6. The van der Waals surface area contributed by atoms with Crippen LogP contribution in [0.2, 0.25) is 0 Å². The molecule has 1 aliphatic carbocycles. The molecular formula is C13H11O3P. The normalized spacial score (nSPS) is 15.5. The lowest BCUT2D eigenvalue weighted by atomic mass is 9.92. The molecule has 0 saturated heterocycles. The first-order valence-electron chi connectivity index (χ1n) is 5.37. The summed E-state index contributed by atoms with van der Waals surface area (Å²) in [6, 6.07) is 12.0. The van der Waals surface area contributed by atoms with Crippen LogP contribution in [0, 0.1) is 0 Å². The molecule has 0 fully saturated rings. The van der Waals surface area contributed by atoms with Crippen LogP contribution in [0.4, 0.5) is 0 Å². The van der Waals surface area contributed by atoms with Crippen LogP contribution >= 0.6 is 8.25 Å². The highest BCUT2D eigenvalue weighted by atomic mass is 31.1. The van der Waals surface area contributed by atoms with Crippen molar-refractivity contribution in [3.63, 3.8) is 0 Å². The lowest BCUT2D eigenvalue weighted by Crippen LogP contribution is -1.98. The van der Waals surface area contributed by atoms with Gasteiger partial charge in [0.1, 0.15) is 5.76 Å². The van der Waals surface area contributed by atoms with Crippen molar-refractivity contribution in [2.24, 2.45) is 0 Å². The van der Waals surface area contributed by atoms with Gasteiger partial charge >= 0.3 is 8.25 Å². The quantitative estimate of drug-likeness (QED) is 0.828. The fraction of sp³-hybridized carbons (Fsp3) is 0.0769. The SMILES string of the molecule is O=[PH](O)OC1=CCc2cccc3cccc1c23. The Balaban J connectivity index is 2.24. The maximum atomic E-state index is 10.8. The molecule has 0 spiro atoms. The third-order valence-electron chi connectivity index (χ3n) is 2.96. The van der Waals surface area contributed by atoms with E-state index in [1.54, 1.807) is 0 Å². The highest BCUT2D eigenvalue weighted by molar-refractivity contribution is 7.32. The lowest BCUT2D eigenvalue weighted by molar-refractivity contribution is 0.392. The Kier molecular flexibility index (Phi) is 2.50. The summed E-state index contributed by atoms with van der Waals surface area (Å²) in [5.74, 6) is 0.515. The second kappa shape index (κ2) is 4.02. The molecule has 3 rings (SSSR count). The zero-order chi connectivity index (χ0) is 11.8. The smallest absolute Gasteiger partial charge is 0.365 e. The predicted molar refractivity (Wildman–Crippen MR) is 67.9 cm³/mol. The van der Waals surface area contributed by atoms with Gasteiger partial charge in [0, 0.05) is 5.56 Å². The maximum absolute atomic E-state index is 10.8. The highest BCUT2D eigenvalue weighted by Gasteiger charge is 2.16. The molecule has 2 aromatic carbocycles. The van der Waals surface area contributed by atoms with Crippen LogP contribution in [0.1, 0.15) is 11.1 Å². The summed E-state index contributed by atoms with van der Waals surface area (Å²) in [7, 11) is -2.95. The van der Waals surface area contributed by atoms with Gasteiger partial charge in [-0.1, -0.05) is 36.4 Å². The molecule has 86 valence electrons. The van der Waals surface area contributed by atoms with Gasteiger partial charge in [0.25, 0.3) is 0 Å². The second-order valence-electron chi connectivity index (χ2n) is 3.96. The van der Waals surface area contributed by atoms with Gasteiger partial charge in [0.15, 0.2) is 0 Å². The molecule has 4 heteroatoms. The molecule has 17 heavy (non-hydrogen) atoms. The molecule has 0 amide bonds. The van der Waals surface area contributed by atoms with Crippen LogP contribution in [-0.4, -0.2) is 4.89 Å². The van der Waals surface area contributed by atoms with Gasteiger partial charge in [-0.2, -0.15) is 0 Å². The van der Waals surface area contributed by atoms with E-state index in [2.05, 4.69) is 6.07 Å². The molecule has 3 nitrogen and oxygen atoms in total. The molecule has 0 heterocycles. The van der Waals surface area contributed by atoms with E-state index in [-0.39, 0.29) is 0 Å². The van der Waals surface area contributed by atoms with E-state index in [0.717, 1.165) is 22.8 Å². The third kappa shape index (κ3) is 1.78. The van der Waals surface area contributed by atoms with Crippen molar-refractivity contribution in [1.82, 2.24) is 0 Å². The minimum atomic E-state index is -2.95. The van der Waals surface area contributed by atoms with Crippen molar-refractivity contribution < 1.29 is 14.0 Å². The predicted octanol–water partition coefficient (Wildman–Crippen LogP) is 3.14. The molecule has 1 aliphatic rings. The topological polar surface area (TPSA) is 46.5 Å². The fourth-order valence-electron chi connectivity index (χ4n) is 2.30. The number of hydrogen-bond donors (Lipinski definition) is 1. The average Bonchev–Trinajstić information content (AvgIpc) is 2.33. The number of rotatable bonds is 2. The summed E-state index contributed by atoms with van der Waals surface area (Å²) in [4.78, 5) is 8.89. The van der Waals surface area contributed by atoms with Gasteiger partial charge in [-0.15, -0.1) is 0 Å². The molecule has 0 aromatic heterocycles. The molecule has 1 atom stereocenters. The summed E-state index contributed by atoms with van der Waals surface area (Å²) >= 11 is 0. The van der Waals surface area contributed by atoms with Crippen molar-refractivity contribution >= 4 is 24.8 Å². The molecule has 0 radical (unpaired) electrons. The summed E-state index contributed by atoms with van der Waals surface area (Å²) in [5, 5.41) is 2.25. The van der Waals surface area contributed by atoms with Crippen LogP contribution in [0.15, 0.2) is 42.5 Å². The van der Waals surface area contributed by atoms with E-state index >= 15 is 0 Å². The van der Waals surface area contributed by atoms with Gasteiger partial charge in [-0.3, -0.25) is 0 Å². The van der Waals surface area contributed by atoms with Crippen LogP contribution in [-0.2, 0) is 15.5 Å². The van der Waals surface area contributed by atoms with E-state index in [0.29, 0.717) is 5.76 Å². The molecule has 0 saturated carbocycles. The summed E-state index contributed by atoms with van der Waals surface area (Å²) < 4.78 is 15.8. The van der Waals surface area contributed by atoms with Crippen molar-refractivity contribution in [3.05, 3.63) is 53.6 Å². The van der Waals surface area contributed by atoms with Crippen LogP contribution in [0.3, 0.4) is 0 Å². The van der Waals surface area contributed by atoms with Crippen molar-refractivity contribution in [3.8, 4) is 0 Å². The minimum absolute atomic E-state index is 0.515. The van der Waals surface area contributed by atoms with Crippen LogP contribution in [0.25, 0.3) is 16.5 Å². The number of allylic oxidation sites excluding steroid dienone is 1. The largest absolute Gasteiger partial charge is 0.426 e. The highest BCUT2D eigenvalue weighted by Crippen LogP contribution is 2.37. The first-order valence-corrected chi connectivity index (χ1v) is 6.64. The Morgan fingerprint density at radius 3 is 2.71 bits per heavy atom.